The first-order valence-electron chi connectivity index (χ1n) is 0. The van der Waals surface area contributed by atoms with E-state index in [0.717, 1.165) is 0 Å². The van der Waals surface area contributed by atoms with E-state index in [1.807, 2.05) is 0 Å². The van der Waals surface area contributed by atoms with E-state index in [4.69, 9.17) is 0 Å². The molecule has 6 heteroatoms. The summed E-state index contributed by atoms with van der Waals surface area (Å²) in [5.74, 6) is 0. The molecule has 0 spiro atoms. The summed E-state index contributed by atoms with van der Waals surface area (Å²) in [4.78, 5) is 0. The summed E-state index contributed by atoms with van der Waals surface area (Å²) in [7, 11) is 0. The Kier molecular flexibility index (Phi) is 1400. The predicted molar refractivity (Wildman–Crippen MR) is 2.75 cm³/mol. The molecule has 0 saturated heterocycles. The predicted octanol–water partition coefficient (Wildman–Crippen LogP) is -0.478. The van der Waals surface area contributed by atoms with Crippen LogP contribution in [-0.4, -0.2) is 0 Å². The molecule has 4 nitrogen and oxygen atoms in total. The fraction of sp³-hybridized carbons (Fsp3) is 0. The van der Waals surface area contributed by atoms with Gasteiger partial charge >= 0.3 is 39.9 Å². The minimum absolute atomic E-state index is 0. The van der Waals surface area contributed by atoms with Crippen LogP contribution in [0.25, 0.3) is 0 Å². The second-order valence-corrected chi connectivity index (χ2v) is 0. The van der Waals surface area contributed by atoms with Crippen LogP contribution in [-0.2, 0) is 40.5 Å². The fourth-order valence-corrected chi connectivity index (χ4v) is 0. The number of hydrogen-bond acceptors (Lipinski definition) is 0. The van der Waals surface area contributed by atoms with E-state index in [-0.39, 0.29) is 80.4 Å². The third-order valence-corrected chi connectivity index (χ3v) is 0. The van der Waals surface area contributed by atoms with Crippen LogP contribution in [0, 0.1) is 39.9 Å². The Balaban J connectivity index is 0. The van der Waals surface area contributed by atoms with E-state index in [1.165, 1.54) is 0 Å². The van der Waals surface area contributed by atoms with Gasteiger partial charge < -0.3 is 21.9 Å². The van der Waals surface area contributed by atoms with Gasteiger partial charge in [0.2, 0.25) is 0 Å². The van der Waals surface area contributed by atoms with Crippen LogP contribution in [0.1, 0.15) is 0 Å². The van der Waals surface area contributed by atoms with Gasteiger partial charge in [0.15, 0.2) is 0 Å². The second kappa shape index (κ2) is 72.9. The molecule has 0 aliphatic carbocycles. The molecule has 42 valence electrons. The summed E-state index contributed by atoms with van der Waals surface area (Å²) in [6, 6.07) is 0. The molecule has 0 aromatic carbocycles. The topological polar surface area (TPSA) is 114 Å². The Bertz CT molecular complexity index is 7.51. The van der Waals surface area contributed by atoms with Gasteiger partial charge in [0.05, 0.1) is 0 Å². The summed E-state index contributed by atoms with van der Waals surface area (Å²) in [6.07, 6.45) is 0. The molecule has 0 bridgehead atoms. The molecular formula is GdO4V-5. The van der Waals surface area contributed by atoms with Gasteiger partial charge in [-0.05, 0) is 0 Å². The van der Waals surface area contributed by atoms with Gasteiger partial charge in [0, 0.05) is 18.6 Å². The van der Waals surface area contributed by atoms with Crippen molar-refractivity contribution in [2.45, 2.75) is 0 Å². The van der Waals surface area contributed by atoms with Crippen molar-refractivity contribution in [3.05, 3.63) is 0 Å². The van der Waals surface area contributed by atoms with Crippen LogP contribution >= 0.6 is 0 Å². The standard InChI is InChI=1S/Gd.4O.V/q+3;4*-2;. The normalized spacial score (nSPS) is 0. The van der Waals surface area contributed by atoms with Crippen LogP contribution in [0.4, 0.5) is 0 Å². The summed E-state index contributed by atoms with van der Waals surface area (Å²) in [5, 5.41) is 0. The van der Waals surface area contributed by atoms with E-state index >= 15 is 0 Å². The molecule has 0 N–H and O–H groups in total. The molecule has 0 aliphatic rings. The molecule has 0 aromatic rings. The fourth-order valence-electron chi connectivity index (χ4n) is 0. The largest absolute Gasteiger partial charge is 3.00 e. The zero-order chi connectivity index (χ0) is 0. The first-order valence-corrected chi connectivity index (χ1v) is 0. The Labute approximate surface area is 79.5 Å². The third-order valence-electron chi connectivity index (χ3n) is 0. The van der Waals surface area contributed by atoms with Crippen LogP contribution < -0.4 is 0 Å². The average molecular weight is 272 g/mol. The van der Waals surface area contributed by atoms with Crippen molar-refractivity contribution < 1.29 is 80.4 Å². The van der Waals surface area contributed by atoms with E-state index in [0.29, 0.717) is 0 Å². The van der Waals surface area contributed by atoms with Gasteiger partial charge in [-0.3, -0.25) is 0 Å². The summed E-state index contributed by atoms with van der Waals surface area (Å²) in [5.41, 5.74) is 0. The Morgan fingerprint density at radius 1 is 0.500 bits per heavy atom. The van der Waals surface area contributed by atoms with E-state index in [1.54, 1.807) is 0 Å². The van der Waals surface area contributed by atoms with Gasteiger partial charge in [-0.25, -0.2) is 0 Å². The molecule has 2 radical (unpaired) electrons. The molecule has 0 saturated carbocycles. The van der Waals surface area contributed by atoms with Crippen molar-refractivity contribution in [2.24, 2.45) is 0 Å². The van der Waals surface area contributed by atoms with E-state index < -0.39 is 0 Å². The Hall–Kier alpha value is 1.75. The first-order chi connectivity index (χ1) is 0. The number of hydrogen-bond donors (Lipinski definition) is 0. The van der Waals surface area contributed by atoms with Crippen LogP contribution in [0.5, 0.6) is 0 Å². The molecule has 0 heterocycles. The summed E-state index contributed by atoms with van der Waals surface area (Å²) >= 11 is 0. The number of rotatable bonds is 0. The molecule has 0 fully saturated rings. The zero-order valence-electron chi connectivity index (χ0n) is 2.43. The summed E-state index contributed by atoms with van der Waals surface area (Å²) < 4.78 is 0. The van der Waals surface area contributed by atoms with E-state index in [2.05, 4.69) is 0 Å². The molecule has 6 heavy (non-hydrogen) atoms. The van der Waals surface area contributed by atoms with Crippen LogP contribution in [0.2, 0.25) is 0 Å². The maximum Gasteiger partial charge on any atom is 3.00 e. The maximum atomic E-state index is 0. The second-order valence-electron chi connectivity index (χ2n) is 0. The Morgan fingerprint density at radius 2 is 0.500 bits per heavy atom. The molecule has 0 unspecified atom stereocenters. The van der Waals surface area contributed by atoms with Crippen LogP contribution in [0.15, 0.2) is 0 Å². The Morgan fingerprint density at radius 3 is 0.500 bits per heavy atom. The van der Waals surface area contributed by atoms with Crippen molar-refractivity contribution in [2.75, 3.05) is 0 Å². The van der Waals surface area contributed by atoms with Gasteiger partial charge in [-0.1, -0.05) is 0 Å². The SMILES string of the molecule is [Gd+3].[O-2].[O-2].[O-2].[O-2].[V]. The third kappa shape index (κ3) is 42.4. The monoisotopic (exact) mass is 273 g/mol. The molecule has 0 atom stereocenters. The van der Waals surface area contributed by atoms with Gasteiger partial charge in [0.25, 0.3) is 0 Å². The molecular weight excluding hydrogens is 272 g/mol. The maximum absolute atomic E-state index is 0. The van der Waals surface area contributed by atoms with Gasteiger partial charge in [-0.2, -0.15) is 0 Å². The molecule has 0 rings (SSSR count). The molecule has 0 amide bonds. The van der Waals surface area contributed by atoms with Gasteiger partial charge in [-0.15, -0.1) is 0 Å². The van der Waals surface area contributed by atoms with Crippen molar-refractivity contribution in [3.63, 3.8) is 0 Å². The zero-order valence-corrected chi connectivity index (χ0v) is 6.10. The quantitative estimate of drug-likeness (QED) is 0.567. The smallest absolute Gasteiger partial charge is 2.00 e. The van der Waals surface area contributed by atoms with Crippen molar-refractivity contribution >= 4 is 0 Å². The van der Waals surface area contributed by atoms with Crippen LogP contribution in [0.3, 0.4) is 0 Å². The minimum atomic E-state index is 0. The first kappa shape index (κ1) is 115. The van der Waals surface area contributed by atoms with Crippen molar-refractivity contribution in [1.29, 1.82) is 0 Å². The van der Waals surface area contributed by atoms with Crippen molar-refractivity contribution in [1.82, 2.24) is 0 Å². The molecule has 0 aliphatic heterocycles. The van der Waals surface area contributed by atoms with Crippen molar-refractivity contribution in [3.8, 4) is 0 Å². The van der Waals surface area contributed by atoms with Gasteiger partial charge in [0.1, 0.15) is 0 Å². The average Bonchev–Trinajstić information content (AvgIpc) is 0. The molecule has 0 aromatic heterocycles. The summed E-state index contributed by atoms with van der Waals surface area (Å²) in [6.45, 7) is 0. The minimum Gasteiger partial charge on any atom is -2.00 e. The van der Waals surface area contributed by atoms with E-state index in [9.17, 15) is 0 Å².